The Bertz CT molecular complexity index is 1430. The maximum absolute atomic E-state index is 18.2. The summed E-state index contributed by atoms with van der Waals surface area (Å²) in [5, 5.41) is 11.8. The first kappa shape index (κ1) is 28.5. The van der Waals surface area contributed by atoms with Crippen molar-refractivity contribution in [2.45, 2.75) is 30.2 Å². The molecule has 3 aromatic rings. The number of anilines is 3. The quantitative estimate of drug-likeness (QED) is 0.0937. The minimum absolute atomic E-state index is 0.00949. The van der Waals surface area contributed by atoms with Gasteiger partial charge < -0.3 is 0 Å². The first-order valence-corrected chi connectivity index (χ1v) is 18.8. The van der Waals surface area contributed by atoms with Crippen LogP contribution in [0.3, 0.4) is 0 Å². The van der Waals surface area contributed by atoms with Crippen LogP contribution < -0.4 is 28.8 Å². The molecule has 3 aromatic carbocycles. The van der Waals surface area contributed by atoms with Gasteiger partial charge in [0.1, 0.15) is 0 Å². The van der Waals surface area contributed by atoms with E-state index in [1.807, 2.05) is 20.8 Å². The second kappa shape index (κ2) is 7.28. The van der Waals surface area contributed by atoms with Crippen LogP contribution in [-0.4, -0.2) is 11.9 Å². The number of hydrogen-bond acceptors (Lipinski definition) is 7. The maximum atomic E-state index is 18.2. The molecular weight excluding hydrogens is 502 g/mol. The van der Waals surface area contributed by atoms with Gasteiger partial charge in [-0.3, -0.25) is 0 Å². The molecule has 0 heterocycles. The molecule has 0 aliphatic carbocycles. The average Bonchev–Trinajstić information content (AvgIpc) is 2.84. The SMILES string of the molecule is C=C[CH2][Ti](=[O])([CH2]C=C)([O]O)([O]CC(C)(C)C)([c]1cccc(N)c1)([c]1cccc(N)c1)[c]1cccc(N)c1. The fourth-order valence-corrected chi connectivity index (χ4v) is 23.8. The van der Waals surface area contributed by atoms with Gasteiger partial charge in [0.2, 0.25) is 0 Å². The Kier molecular flexibility index (Phi) is 5.61. The van der Waals surface area contributed by atoms with Crippen molar-refractivity contribution in [3.05, 3.63) is 98.1 Å². The molecule has 0 saturated carbocycles. The zero-order valence-electron chi connectivity index (χ0n) is 22.0. The molecule has 0 aliphatic rings. The molecule has 3 rings (SSSR count). The van der Waals surface area contributed by atoms with Crippen LogP contribution in [0.1, 0.15) is 20.8 Å². The van der Waals surface area contributed by atoms with E-state index in [-0.39, 0.29) is 35.3 Å². The normalized spacial score (nSPS) is 16.4. The second-order valence-electron chi connectivity index (χ2n) is 12.5. The van der Waals surface area contributed by atoms with Crippen LogP contribution in [0.4, 0.5) is 17.1 Å². The molecule has 7 N–H and O–H groups in total. The van der Waals surface area contributed by atoms with E-state index >= 15 is 3.32 Å². The number of hydrogen-bond donors (Lipinski definition) is 4. The molecule has 0 unspecified atom stereocenters. The Labute approximate surface area is 213 Å². The summed E-state index contributed by atoms with van der Waals surface area (Å²) in [6.45, 7) is 13.6. The summed E-state index contributed by atoms with van der Waals surface area (Å²) in [7, 11) is 0. The zero-order chi connectivity index (χ0) is 27.8. The molecule has 0 spiro atoms. The third kappa shape index (κ3) is 2.97. The van der Waals surface area contributed by atoms with Crippen LogP contribution in [0.2, 0.25) is 9.45 Å². The van der Waals surface area contributed by atoms with Gasteiger partial charge in [0.15, 0.2) is 0 Å². The van der Waals surface area contributed by atoms with Gasteiger partial charge in [-0.05, 0) is 0 Å². The van der Waals surface area contributed by atoms with Gasteiger partial charge in [-0.15, -0.1) is 0 Å². The number of rotatable bonds is 10. The molecular formula is C29H40N3O4Ti. The third-order valence-corrected chi connectivity index (χ3v) is 28.4. The summed E-state index contributed by atoms with van der Waals surface area (Å²) in [5.74, 6) is 0. The van der Waals surface area contributed by atoms with Crippen LogP contribution in [0.15, 0.2) is 98.1 Å². The Morgan fingerprint density at radius 3 is 1.38 bits per heavy atom. The van der Waals surface area contributed by atoms with Crippen LogP contribution in [-0.2, 0) is 22.3 Å². The third-order valence-electron chi connectivity index (χ3n) is 8.89. The van der Waals surface area contributed by atoms with Crippen molar-refractivity contribution in [3.63, 3.8) is 0 Å². The van der Waals surface area contributed by atoms with Crippen molar-refractivity contribution in [2.24, 2.45) is 5.41 Å². The summed E-state index contributed by atoms with van der Waals surface area (Å²) >= 11 is -8.95. The second-order valence-corrected chi connectivity index (χ2v) is 28.9. The molecule has 0 fully saturated rings. The molecule has 0 atom stereocenters. The van der Waals surface area contributed by atoms with E-state index < -0.39 is 27.1 Å². The van der Waals surface area contributed by atoms with E-state index in [1.165, 1.54) is 30.4 Å². The van der Waals surface area contributed by atoms with Crippen molar-refractivity contribution in [1.29, 1.82) is 0 Å². The number of benzene rings is 3. The van der Waals surface area contributed by atoms with E-state index in [1.54, 1.807) is 54.6 Å². The van der Waals surface area contributed by atoms with Crippen LogP contribution in [0.5, 0.6) is 0 Å². The summed E-state index contributed by atoms with van der Waals surface area (Å²) in [6, 6.07) is 19.1. The van der Waals surface area contributed by atoms with E-state index in [0.29, 0.717) is 0 Å². The van der Waals surface area contributed by atoms with E-state index in [0.717, 1.165) is 0 Å². The van der Waals surface area contributed by atoms with E-state index in [4.69, 9.17) is 24.0 Å². The van der Waals surface area contributed by atoms with Gasteiger partial charge >= 0.3 is 214 Å². The van der Waals surface area contributed by atoms with Crippen molar-refractivity contribution in [3.8, 4) is 0 Å². The average molecular weight is 543 g/mol. The fourth-order valence-electron chi connectivity index (χ4n) is 6.71. The summed E-state index contributed by atoms with van der Waals surface area (Å²) in [6.07, 6.45) is 2.84. The predicted octanol–water partition coefficient (Wildman–Crippen LogP) is 4.94. The summed E-state index contributed by atoms with van der Waals surface area (Å²) < 4.78 is 30.3. The first-order chi connectivity index (χ1) is 17.1. The number of allylic oxidation sites excluding steroid dienone is 2. The van der Waals surface area contributed by atoms with Crippen molar-refractivity contribution in [2.75, 3.05) is 23.8 Å². The molecule has 8 heteroatoms. The standard InChI is InChI=1S/3C6H6N.C5H11O.2C3H5.H2O2.O.Ti/c3*7-6-4-2-1-3-5-6;1-5(2,3)4-6;2*1-3-2;1-2;;/h3*1-2,4-5H,7H2;4H2,1-3H3;2*3H,1-2H2;1-2H;;/q;;;-1;;;;;+2/p-1. The molecule has 0 saturated heterocycles. The van der Waals surface area contributed by atoms with Crippen molar-refractivity contribution >= 4 is 28.7 Å². The Balaban J connectivity index is 3.09. The summed E-state index contributed by atoms with van der Waals surface area (Å²) in [5.41, 5.74) is 19.2. The molecule has 0 aromatic heterocycles. The minimum atomic E-state index is -8.95. The van der Waals surface area contributed by atoms with Gasteiger partial charge in [-0.1, -0.05) is 0 Å². The Morgan fingerprint density at radius 2 is 1.14 bits per heavy atom. The van der Waals surface area contributed by atoms with E-state index in [9.17, 15) is 5.26 Å². The molecule has 37 heavy (non-hydrogen) atoms. The van der Waals surface area contributed by atoms with Crippen LogP contribution >= 0.6 is 0 Å². The van der Waals surface area contributed by atoms with E-state index in [2.05, 4.69) is 13.2 Å². The molecule has 0 amide bonds. The first-order valence-electron chi connectivity index (χ1n) is 12.4. The zero-order valence-corrected chi connectivity index (χ0v) is 23.6. The van der Waals surface area contributed by atoms with Crippen LogP contribution in [0, 0.1) is 5.41 Å². The number of nitrogen functional groups attached to an aromatic ring is 3. The van der Waals surface area contributed by atoms with Gasteiger partial charge in [0.05, 0.1) is 0 Å². The molecule has 7 nitrogen and oxygen atoms in total. The van der Waals surface area contributed by atoms with Gasteiger partial charge in [0, 0.05) is 0 Å². The molecule has 0 aliphatic heterocycles. The summed E-state index contributed by atoms with van der Waals surface area (Å²) in [4.78, 5) is 0. The number of nitrogens with two attached hydrogens (primary N) is 3. The van der Waals surface area contributed by atoms with Crippen LogP contribution in [0.25, 0.3) is 0 Å². The monoisotopic (exact) mass is 542 g/mol. The topological polar surface area (TPSA) is 134 Å². The Morgan fingerprint density at radius 1 is 0.784 bits per heavy atom. The molecule has 0 bridgehead atoms. The Hall–Kier alpha value is -3.07. The van der Waals surface area contributed by atoms with Gasteiger partial charge in [-0.25, -0.2) is 0 Å². The van der Waals surface area contributed by atoms with Gasteiger partial charge in [-0.2, -0.15) is 0 Å². The van der Waals surface area contributed by atoms with Gasteiger partial charge in [0.25, 0.3) is 0 Å². The van der Waals surface area contributed by atoms with Crippen molar-refractivity contribution in [1.82, 2.24) is 0 Å². The fraction of sp³-hybridized carbons (Fsp3) is 0.241. The molecule has 0 radical (unpaired) electrons. The molecule has 199 valence electrons. The van der Waals surface area contributed by atoms with Crippen molar-refractivity contribution < 1.29 is 27.6 Å². The predicted molar refractivity (Wildman–Crippen MR) is 151 cm³/mol.